The Morgan fingerprint density at radius 1 is 1.32 bits per heavy atom. The summed E-state index contributed by atoms with van der Waals surface area (Å²) >= 11 is 0. The average molecular weight is 335 g/mol. The molecule has 0 bridgehead atoms. The third-order valence-corrected chi connectivity index (χ3v) is 4.24. The molecule has 1 aromatic carbocycles. The molecule has 0 unspecified atom stereocenters. The zero-order valence-corrected chi connectivity index (χ0v) is 13.8. The first-order chi connectivity index (χ1) is 12.1. The van der Waals surface area contributed by atoms with E-state index in [0.717, 1.165) is 24.4 Å². The minimum atomic E-state index is -0.289. The number of nitrogens with one attached hydrogen (secondary N) is 1. The summed E-state index contributed by atoms with van der Waals surface area (Å²) in [5.41, 5.74) is 1.18. The van der Waals surface area contributed by atoms with E-state index in [9.17, 15) is 9.59 Å². The molecule has 6 nitrogen and oxygen atoms in total. The van der Waals surface area contributed by atoms with Gasteiger partial charge in [-0.15, -0.1) is 0 Å². The first-order valence-corrected chi connectivity index (χ1v) is 8.19. The van der Waals surface area contributed by atoms with Gasteiger partial charge in [0.2, 0.25) is 5.91 Å². The van der Waals surface area contributed by atoms with Crippen molar-refractivity contribution in [1.82, 2.24) is 9.55 Å². The molecule has 0 radical (unpaired) electrons. The monoisotopic (exact) mass is 335 g/mol. The molecule has 25 heavy (non-hydrogen) atoms. The van der Waals surface area contributed by atoms with E-state index in [0.29, 0.717) is 28.9 Å². The van der Waals surface area contributed by atoms with Crippen molar-refractivity contribution in [2.75, 3.05) is 5.32 Å². The van der Waals surface area contributed by atoms with Crippen molar-refractivity contribution in [3.05, 3.63) is 64.1 Å². The van der Waals surface area contributed by atoms with Crippen LogP contribution >= 0.6 is 0 Å². The molecule has 4 rings (SSSR count). The molecule has 0 fully saturated rings. The Morgan fingerprint density at radius 3 is 3.00 bits per heavy atom. The van der Waals surface area contributed by atoms with E-state index in [2.05, 4.69) is 10.3 Å². The molecule has 0 aliphatic carbocycles. The number of nitrogens with zero attached hydrogens (tertiary/aromatic N) is 2. The van der Waals surface area contributed by atoms with Gasteiger partial charge in [-0.25, -0.2) is 4.98 Å². The van der Waals surface area contributed by atoms with Crippen LogP contribution in [-0.4, -0.2) is 15.5 Å². The number of rotatable bonds is 3. The van der Waals surface area contributed by atoms with Gasteiger partial charge in [-0.05, 0) is 49.8 Å². The Labute approximate surface area is 143 Å². The smallest absolute Gasteiger partial charge is 0.261 e. The molecule has 3 heterocycles. The molecule has 1 N–H and O–H groups in total. The molecule has 0 spiro atoms. The molecule has 1 aliphatic heterocycles. The fraction of sp³-hybridized carbons (Fsp3) is 0.211. The Kier molecular flexibility index (Phi) is 3.72. The number of carbonyl (C=O) groups is 1. The number of furan rings is 1. The summed E-state index contributed by atoms with van der Waals surface area (Å²) in [7, 11) is 0. The van der Waals surface area contributed by atoms with Gasteiger partial charge >= 0.3 is 0 Å². The third-order valence-electron chi connectivity index (χ3n) is 4.24. The van der Waals surface area contributed by atoms with Crippen LogP contribution in [0, 0.1) is 6.92 Å². The van der Waals surface area contributed by atoms with E-state index >= 15 is 0 Å². The number of hydrogen-bond donors (Lipinski definition) is 1. The van der Waals surface area contributed by atoms with Crippen molar-refractivity contribution in [3.8, 4) is 0 Å². The predicted octanol–water partition coefficient (Wildman–Crippen LogP) is 2.90. The number of aromatic nitrogens is 2. The first-order valence-electron chi connectivity index (χ1n) is 8.19. The van der Waals surface area contributed by atoms with E-state index < -0.39 is 0 Å². The summed E-state index contributed by atoms with van der Waals surface area (Å²) in [4.78, 5) is 29.2. The number of carbonyl (C=O) groups excluding carboxylic acids is 1. The van der Waals surface area contributed by atoms with Gasteiger partial charge < -0.3 is 9.73 Å². The van der Waals surface area contributed by atoms with Crippen molar-refractivity contribution in [2.24, 2.45) is 0 Å². The molecule has 0 saturated carbocycles. The van der Waals surface area contributed by atoms with Gasteiger partial charge in [-0.3, -0.25) is 14.2 Å². The predicted molar refractivity (Wildman–Crippen MR) is 95.4 cm³/mol. The van der Waals surface area contributed by atoms with Crippen molar-refractivity contribution in [1.29, 1.82) is 0 Å². The Morgan fingerprint density at radius 2 is 2.20 bits per heavy atom. The molecule has 1 amide bonds. The highest BCUT2D eigenvalue weighted by Crippen LogP contribution is 2.18. The highest BCUT2D eigenvalue weighted by atomic mass is 16.3. The standard InChI is InChI=1S/C19H17N3O3/c1-12-4-6-14(25-12)7-9-18(23)20-13-5-8-16-15(11-13)19(24)22-10-2-3-17(22)21-16/h4-9,11H,2-3,10H2,1H3,(H,20,23)/b9-7-. The minimum Gasteiger partial charge on any atom is -0.462 e. The van der Waals surface area contributed by atoms with Gasteiger partial charge in [0.25, 0.3) is 5.56 Å². The number of amides is 1. The summed E-state index contributed by atoms with van der Waals surface area (Å²) in [6.45, 7) is 2.55. The van der Waals surface area contributed by atoms with Crippen molar-refractivity contribution in [3.63, 3.8) is 0 Å². The summed E-state index contributed by atoms with van der Waals surface area (Å²) in [5.74, 6) is 1.95. The van der Waals surface area contributed by atoms with Gasteiger partial charge in [-0.1, -0.05) is 0 Å². The molecule has 2 aromatic heterocycles. The lowest BCUT2D eigenvalue weighted by atomic mass is 10.2. The van der Waals surface area contributed by atoms with Gasteiger partial charge in [0.1, 0.15) is 17.3 Å². The molecular formula is C19H17N3O3. The second-order valence-electron chi connectivity index (χ2n) is 6.09. The fourth-order valence-electron chi connectivity index (χ4n) is 3.05. The normalized spacial score (nSPS) is 13.5. The summed E-state index contributed by atoms with van der Waals surface area (Å²) in [6.07, 6.45) is 4.78. The van der Waals surface area contributed by atoms with Crippen molar-refractivity contribution < 1.29 is 9.21 Å². The van der Waals surface area contributed by atoms with Crippen LogP contribution in [0.5, 0.6) is 0 Å². The molecule has 1 aliphatic rings. The van der Waals surface area contributed by atoms with Crippen LogP contribution in [-0.2, 0) is 17.8 Å². The van der Waals surface area contributed by atoms with E-state index in [1.54, 1.807) is 34.9 Å². The van der Waals surface area contributed by atoms with E-state index in [-0.39, 0.29) is 11.5 Å². The second kappa shape index (κ2) is 6.05. The summed E-state index contributed by atoms with van der Waals surface area (Å²) < 4.78 is 7.10. The number of aryl methyl sites for hydroxylation is 2. The lowest BCUT2D eigenvalue weighted by Gasteiger charge is -2.07. The van der Waals surface area contributed by atoms with E-state index in [4.69, 9.17) is 4.42 Å². The van der Waals surface area contributed by atoms with Gasteiger partial charge in [0.05, 0.1) is 10.9 Å². The topological polar surface area (TPSA) is 77.1 Å². The second-order valence-corrected chi connectivity index (χ2v) is 6.09. The van der Waals surface area contributed by atoms with Crippen molar-refractivity contribution >= 4 is 28.6 Å². The molecular weight excluding hydrogens is 318 g/mol. The van der Waals surface area contributed by atoms with Gasteiger partial charge in [0, 0.05) is 24.7 Å². The number of hydrogen-bond acceptors (Lipinski definition) is 4. The molecule has 3 aromatic rings. The van der Waals surface area contributed by atoms with Crippen molar-refractivity contribution in [2.45, 2.75) is 26.3 Å². The van der Waals surface area contributed by atoms with E-state index in [1.165, 1.54) is 6.08 Å². The average Bonchev–Trinajstić information content (AvgIpc) is 3.22. The maximum absolute atomic E-state index is 12.6. The molecule has 126 valence electrons. The van der Waals surface area contributed by atoms with Crippen LogP contribution in [0.1, 0.15) is 23.8 Å². The maximum atomic E-state index is 12.6. The SMILES string of the molecule is Cc1ccc(/C=C\C(=O)Nc2ccc3nc4n(c(=O)c3c2)CCC4)o1. The number of anilines is 1. The van der Waals surface area contributed by atoms with Crippen LogP contribution < -0.4 is 10.9 Å². The quantitative estimate of drug-likeness (QED) is 0.747. The Balaban J connectivity index is 1.58. The molecule has 6 heteroatoms. The van der Waals surface area contributed by atoms with Crippen LogP contribution in [0.4, 0.5) is 5.69 Å². The third kappa shape index (κ3) is 2.98. The van der Waals surface area contributed by atoms with Gasteiger partial charge in [-0.2, -0.15) is 0 Å². The zero-order chi connectivity index (χ0) is 17.4. The van der Waals surface area contributed by atoms with Crippen LogP contribution in [0.2, 0.25) is 0 Å². The highest BCUT2D eigenvalue weighted by Gasteiger charge is 2.16. The minimum absolute atomic E-state index is 0.0461. The zero-order valence-electron chi connectivity index (χ0n) is 13.8. The van der Waals surface area contributed by atoms with Gasteiger partial charge in [0.15, 0.2) is 0 Å². The summed E-state index contributed by atoms with van der Waals surface area (Å²) in [5, 5.41) is 3.29. The van der Waals surface area contributed by atoms with Crippen LogP contribution in [0.15, 0.2) is 45.6 Å². The highest BCUT2D eigenvalue weighted by molar-refractivity contribution is 6.02. The maximum Gasteiger partial charge on any atom is 0.261 e. The van der Waals surface area contributed by atoms with Crippen LogP contribution in [0.3, 0.4) is 0 Å². The number of benzene rings is 1. The lowest BCUT2D eigenvalue weighted by molar-refractivity contribution is -0.111. The van der Waals surface area contributed by atoms with E-state index in [1.807, 2.05) is 13.0 Å². The molecule has 0 saturated heterocycles. The summed E-state index contributed by atoms with van der Waals surface area (Å²) in [6, 6.07) is 8.83. The largest absolute Gasteiger partial charge is 0.462 e. The Bertz CT molecular complexity index is 1060. The first kappa shape index (κ1) is 15.4. The molecule has 0 atom stereocenters. The lowest BCUT2D eigenvalue weighted by Crippen LogP contribution is -2.21. The number of fused-ring (bicyclic) bond motifs is 2. The fourth-order valence-corrected chi connectivity index (χ4v) is 3.05. The van der Waals surface area contributed by atoms with Crippen LogP contribution in [0.25, 0.3) is 17.0 Å². The Hall–Kier alpha value is -3.15.